The van der Waals surface area contributed by atoms with Gasteiger partial charge in [0.1, 0.15) is 12.0 Å². The molecule has 0 saturated carbocycles. The monoisotopic (exact) mass is 599 g/mol. The van der Waals surface area contributed by atoms with Crippen molar-refractivity contribution >= 4 is 34.6 Å². The molecule has 1 saturated heterocycles. The maximum Gasteiger partial charge on any atom is 0.417 e. The van der Waals surface area contributed by atoms with E-state index in [4.69, 9.17) is 18.7 Å². The molecule has 0 aromatic carbocycles. The second-order valence-corrected chi connectivity index (χ2v) is 24.3. The third-order valence-corrected chi connectivity index (χ3v) is 17.8. The van der Waals surface area contributed by atoms with E-state index in [0.717, 1.165) is 0 Å². The maximum atomic E-state index is 13.1. The van der Waals surface area contributed by atoms with Crippen LogP contribution in [-0.4, -0.2) is 70.5 Å². The second kappa shape index (κ2) is 13.5. The summed E-state index contributed by atoms with van der Waals surface area (Å²) in [5.41, 5.74) is -1.94. The molecule has 3 atom stereocenters. The van der Waals surface area contributed by atoms with Crippen LogP contribution in [0.1, 0.15) is 69.2 Å². The summed E-state index contributed by atoms with van der Waals surface area (Å²) in [5, 5.41) is 9.23. The van der Waals surface area contributed by atoms with Gasteiger partial charge in [-0.05, 0) is 56.0 Å². The molecule has 0 aromatic rings. The zero-order valence-corrected chi connectivity index (χ0v) is 29.7. The minimum atomic E-state index is -2.01. The summed E-state index contributed by atoms with van der Waals surface area (Å²) in [7, 11) is -3.89. The summed E-state index contributed by atoms with van der Waals surface area (Å²) < 4.78 is 17.2. The molecule has 0 spiro atoms. The lowest BCUT2D eigenvalue weighted by Crippen LogP contribution is -2.51. The van der Waals surface area contributed by atoms with Crippen molar-refractivity contribution in [2.45, 2.75) is 112 Å². The van der Waals surface area contributed by atoms with Gasteiger partial charge < -0.3 is 18.7 Å². The Morgan fingerprint density at radius 1 is 0.925 bits per heavy atom. The van der Waals surface area contributed by atoms with E-state index in [9.17, 15) is 14.4 Å². The third kappa shape index (κ3) is 9.39. The van der Waals surface area contributed by atoms with Crippen molar-refractivity contribution < 1.29 is 33.1 Å². The van der Waals surface area contributed by atoms with Crippen LogP contribution >= 0.6 is 0 Å². The molecule has 0 aromatic heterocycles. The highest BCUT2D eigenvalue weighted by atomic mass is 28.4. The minimum Gasteiger partial charge on any atom is -0.481 e. The number of aliphatic carboxylic acids is 1. The van der Waals surface area contributed by atoms with E-state index in [2.05, 4.69) is 80.9 Å². The van der Waals surface area contributed by atoms with Gasteiger partial charge >= 0.3 is 12.1 Å². The normalized spacial score (nSPS) is 19.6. The Hall–Kier alpha value is -1.76. The van der Waals surface area contributed by atoms with Crippen molar-refractivity contribution in [3.63, 3.8) is 0 Å². The number of carboxylic acids is 1. The fourth-order valence-electron chi connectivity index (χ4n) is 2.95. The number of carbonyl (C=O) groups is 3. The van der Waals surface area contributed by atoms with Crippen LogP contribution in [0.3, 0.4) is 0 Å². The predicted molar refractivity (Wildman–Crippen MR) is 167 cm³/mol. The van der Waals surface area contributed by atoms with Gasteiger partial charge in [-0.1, -0.05) is 67.5 Å². The highest BCUT2D eigenvalue weighted by Gasteiger charge is 2.47. The summed E-state index contributed by atoms with van der Waals surface area (Å²) in [5.74, 6) is -1.05. The molecular formula is C30H57NO7Si2. The van der Waals surface area contributed by atoms with Crippen molar-refractivity contribution in [1.29, 1.82) is 0 Å². The maximum absolute atomic E-state index is 13.1. The van der Waals surface area contributed by atoms with E-state index in [0.29, 0.717) is 0 Å². The van der Waals surface area contributed by atoms with Gasteiger partial charge in [0.2, 0.25) is 5.91 Å². The van der Waals surface area contributed by atoms with Crippen molar-refractivity contribution in [1.82, 2.24) is 4.90 Å². The number of amides is 2. The Balaban J connectivity index is 0.000000829. The number of hydrogen-bond donors (Lipinski definition) is 1. The molecule has 1 rings (SSSR count). The molecule has 1 aliphatic rings. The smallest absolute Gasteiger partial charge is 0.417 e. The molecule has 40 heavy (non-hydrogen) atoms. The fourth-order valence-corrected chi connectivity index (χ4v) is 5.13. The lowest BCUT2D eigenvalue weighted by Gasteiger charge is -2.39. The van der Waals surface area contributed by atoms with Crippen LogP contribution in [0.4, 0.5) is 4.79 Å². The van der Waals surface area contributed by atoms with Crippen molar-refractivity contribution in [2.75, 3.05) is 19.8 Å². The molecule has 8 nitrogen and oxygen atoms in total. The fraction of sp³-hybridized carbons (Fsp3) is 0.767. The van der Waals surface area contributed by atoms with E-state index in [1.807, 2.05) is 13.8 Å². The molecule has 1 heterocycles. The summed E-state index contributed by atoms with van der Waals surface area (Å²) in [6.45, 7) is 36.8. The number of ether oxygens (including phenoxy) is 1. The van der Waals surface area contributed by atoms with Crippen LogP contribution in [0, 0.1) is 16.7 Å². The highest BCUT2D eigenvalue weighted by molar-refractivity contribution is 6.74. The van der Waals surface area contributed by atoms with Crippen LogP contribution in [-0.2, 0) is 23.2 Å². The SMILES string of the molecule is C=C[C@](C)(CO[Si](C)(C)C(C)(C)C)C(=O)N1C(=O)OC[C@H]1C(C)C.C=C[C@](C)(CO[Si](C)(C)C(C)(C)C)C(=O)O. The van der Waals surface area contributed by atoms with E-state index >= 15 is 0 Å². The largest absolute Gasteiger partial charge is 0.481 e. The zero-order valence-electron chi connectivity index (χ0n) is 27.7. The van der Waals surface area contributed by atoms with Crippen LogP contribution in [0.5, 0.6) is 0 Å². The van der Waals surface area contributed by atoms with Crippen molar-refractivity contribution in [2.24, 2.45) is 16.7 Å². The average Bonchev–Trinajstić information content (AvgIpc) is 3.20. The molecule has 0 unspecified atom stereocenters. The standard InChI is InChI=1S/C18H33NO4Si.C12H24O3Si/c1-10-18(7,12-23-24(8,9)17(4,5)6)15(20)19-14(13(2)3)11-22-16(19)21;1-8-12(5,10(13)14)9-15-16(6,7)11(2,3)4/h10,13-14H,1,11-12H2,2-9H3;8H,1,9H2,2-7H3,(H,13,14)/t14-,18+;12-/m01/s1. The van der Waals surface area contributed by atoms with Gasteiger partial charge in [-0.25, -0.2) is 9.69 Å². The Morgan fingerprint density at radius 2 is 1.30 bits per heavy atom. The molecule has 232 valence electrons. The molecule has 0 aliphatic carbocycles. The molecule has 1 aliphatic heterocycles. The van der Waals surface area contributed by atoms with Crippen LogP contribution < -0.4 is 0 Å². The lowest BCUT2D eigenvalue weighted by atomic mass is 9.89. The summed E-state index contributed by atoms with van der Waals surface area (Å²) in [6.07, 6.45) is 2.47. The topological polar surface area (TPSA) is 102 Å². The predicted octanol–water partition coefficient (Wildman–Crippen LogP) is 7.49. The quantitative estimate of drug-likeness (QED) is 0.194. The van der Waals surface area contributed by atoms with Crippen molar-refractivity contribution in [3.05, 3.63) is 25.3 Å². The number of carbonyl (C=O) groups excluding carboxylic acids is 2. The average molecular weight is 600 g/mol. The van der Waals surface area contributed by atoms with Gasteiger partial charge in [-0.3, -0.25) is 9.59 Å². The first-order valence-electron chi connectivity index (χ1n) is 14.0. The molecule has 0 bridgehead atoms. The van der Waals surface area contributed by atoms with Gasteiger partial charge in [-0.2, -0.15) is 0 Å². The number of cyclic esters (lactones) is 1. The van der Waals surface area contributed by atoms with E-state index in [1.54, 1.807) is 19.9 Å². The Kier molecular flexibility index (Phi) is 12.9. The second-order valence-electron chi connectivity index (χ2n) is 14.7. The van der Waals surface area contributed by atoms with Gasteiger partial charge in [0.05, 0.1) is 24.7 Å². The first-order chi connectivity index (χ1) is 17.7. The van der Waals surface area contributed by atoms with Crippen LogP contribution in [0.2, 0.25) is 36.3 Å². The molecule has 1 N–H and O–H groups in total. The summed E-state index contributed by atoms with van der Waals surface area (Å²) >= 11 is 0. The molecule has 10 heteroatoms. The lowest BCUT2D eigenvalue weighted by molar-refractivity contribution is -0.146. The molecular weight excluding hydrogens is 543 g/mol. The first-order valence-corrected chi connectivity index (χ1v) is 19.8. The number of hydrogen-bond acceptors (Lipinski definition) is 6. The first kappa shape index (κ1) is 38.2. The number of nitrogens with zero attached hydrogens (tertiary/aromatic N) is 1. The van der Waals surface area contributed by atoms with Gasteiger partial charge in [-0.15, -0.1) is 13.2 Å². The van der Waals surface area contributed by atoms with E-state index in [-0.39, 0.29) is 47.8 Å². The summed E-state index contributed by atoms with van der Waals surface area (Å²) in [6, 6.07) is -0.239. The Labute approximate surface area is 245 Å². The van der Waals surface area contributed by atoms with E-state index < -0.39 is 39.5 Å². The zero-order chi connectivity index (χ0) is 32.1. The highest BCUT2D eigenvalue weighted by Crippen LogP contribution is 2.39. The van der Waals surface area contributed by atoms with Gasteiger partial charge in [0, 0.05) is 0 Å². The Bertz CT molecular complexity index is 933. The van der Waals surface area contributed by atoms with Gasteiger partial charge in [0.25, 0.3) is 0 Å². The number of imide groups is 1. The Morgan fingerprint density at radius 3 is 1.60 bits per heavy atom. The summed E-state index contributed by atoms with van der Waals surface area (Å²) in [4.78, 5) is 37.5. The minimum absolute atomic E-state index is 0.0468. The molecule has 1 fully saturated rings. The van der Waals surface area contributed by atoms with Crippen molar-refractivity contribution in [3.8, 4) is 0 Å². The van der Waals surface area contributed by atoms with E-state index in [1.165, 1.54) is 11.0 Å². The van der Waals surface area contributed by atoms with Crippen LogP contribution in [0.25, 0.3) is 0 Å². The van der Waals surface area contributed by atoms with Gasteiger partial charge in [0.15, 0.2) is 16.6 Å². The molecule has 0 radical (unpaired) electrons. The number of rotatable bonds is 11. The number of carboxylic acid groups (broad SMARTS) is 1. The molecule has 2 amide bonds. The van der Waals surface area contributed by atoms with Crippen LogP contribution in [0.15, 0.2) is 25.3 Å². The third-order valence-electron chi connectivity index (χ3n) is 8.85.